The van der Waals surface area contributed by atoms with Gasteiger partial charge in [0.2, 0.25) is 0 Å². The minimum Gasteiger partial charge on any atom is -0.496 e. The lowest BCUT2D eigenvalue weighted by Gasteiger charge is -2.13. The van der Waals surface area contributed by atoms with Gasteiger partial charge < -0.3 is 14.6 Å². The standard InChI is InChI=1S/C22H26O5/c1-26-20-15-9-8-13-18(20)21(23)19(22(24)25)14-7-2-3-10-16-27-17-11-5-4-6-12-17/h4-6,8-9,11-13,15,19H,2-3,7,10,14,16H2,1H3,(H,24,25). The first-order chi connectivity index (χ1) is 13.1. The number of carbonyl (C=O) groups excluding carboxylic acids is 1. The van der Waals surface area contributed by atoms with E-state index in [0.29, 0.717) is 30.8 Å². The Morgan fingerprint density at radius 1 is 0.926 bits per heavy atom. The molecule has 0 fully saturated rings. The van der Waals surface area contributed by atoms with Crippen molar-refractivity contribution in [3.8, 4) is 11.5 Å². The van der Waals surface area contributed by atoms with Gasteiger partial charge in [-0.3, -0.25) is 9.59 Å². The van der Waals surface area contributed by atoms with Crippen molar-refractivity contribution in [3.05, 3.63) is 60.2 Å². The van der Waals surface area contributed by atoms with Crippen LogP contribution in [-0.2, 0) is 4.79 Å². The number of Topliss-reactive ketones (excluding diaryl/α,β-unsaturated/α-hetero) is 1. The predicted octanol–water partition coefficient (Wildman–Crippen LogP) is 4.61. The van der Waals surface area contributed by atoms with E-state index >= 15 is 0 Å². The van der Waals surface area contributed by atoms with Gasteiger partial charge in [-0.05, 0) is 37.1 Å². The zero-order valence-corrected chi connectivity index (χ0v) is 15.6. The SMILES string of the molecule is COc1ccccc1C(=O)C(CCCCCCOc1ccccc1)C(=O)O. The Morgan fingerprint density at radius 3 is 2.30 bits per heavy atom. The van der Waals surface area contributed by atoms with Crippen molar-refractivity contribution in [2.24, 2.45) is 5.92 Å². The lowest BCUT2D eigenvalue weighted by atomic mass is 9.92. The summed E-state index contributed by atoms with van der Waals surface area (Å²) in [5.41, 5.74) is 0.323. The van der Waals surface area contributed by atoms with Crippen LogP contribution >= 0.6 is 0 Å². The second-order valence-corrected chi connectivity index (χ2v) is 6.32. The number of ether oxygens (including phenoxy) is 2. The van der Waals surface area contributed by atoms with Crippen molar-refractivity contribution in [1.29, 1.82) is 0 Å². The van der Waals surface area contributed by atoms with Crippen LogP contribution in [0.25, 0.3) is 0 Å². The summed E-state index contributed by atoms with van der Waals surface area (Å²) in [5, 5.41) is 9.45. The van der Waals surface area contributed by atoms with Gasteiger partial charge in [0.15, 0.2) is 5.78 Å². The largest absolute Gasteiger partial charge is 0.496 e. The molecule has 0 aliphatic carbocycles. The van der Waals surface area contributed by atoms with Gasteiger partial charge in [0, 0.05) is 0 Å². The van der Waals surface area contributed by atoms with Crippen LogP contribution in [-0.4, -0.2) is 30.6 Å². The molecule has 0 aliphatic rings. The quantitative estimate of drug-likeness (QED) is 0.336. The Labute approximate surface area is 159 Å². The fourth-order valence-corrected chi connectivity index (χ4v) is 2.91. The lowest BCUT2D eigenvalue weighted by Crippen LogP contribution is -2.24. The third-order valence-electron chi connectivity index (χ3n) is 4.39. The molecule has 0 amide bonds. The zero-order valence-electron chi connectivity index (χ0n) is 15.6. The monoisotopic (exact) mass is 370 g/mol. The van der Waals surface area contributed by atoms with Crippen LogP contribution in [0.2, 0.25) is 0 Å². The molecule has 0 saturated heterocycles. The molecule has 0 heterocycles. The van der Waals surface area contributed by atoms with Crippen molar-refractivity contribution < 1.29 is 24.2 Å². The summed E-state index contributed by atoms with van der Waals surface area (Å²) in [6.45, 7) is 0.631. The minimum absolute atomic E-state index is 0.323. The number of benzene rings is 2. The van der Waals surface area contributed by atoms with E-state index in [2.05, 4.69) is 0 Å². The summed E-state index contributed by atoms with van der Waals surface area (Å²) in [6, 6.07) is 16.4. The molecule has 27 heavy (non-hydrogen) atoms. The molecule has 0 saturated carbocycles. The van der Waals surface area contributed by atoms with Gasteiger partial charge in [-0.1, -0.05) is 49.6 Å². The topological polar surface area (TPSA) is 72.8 Å². The molecule has 0 aliphatic heterocycles. The molecule has 5 heteroatoms. The Morgan fingerprint density at radius 2 is 1.59 bits per heavy atom. The molecule has 1 atom stereocenters. The molecule has 0 spiro atoms. The predicted molar refractivity (Wildman–Crippen MR) is 103 cm³/mol. The first-order valence-electron chi connectivity index (χ1n) is 9.21. The first-order valence-corrected chi connectivity index (χ1v) is 9.21. The summed E-state index contributed by atoms with van der Waals surface area (Å²) < 4.78 is 10.8. The second-order valence-electron chi connectivity index (χ2n) is 6.32. The number of unbranched alkanes of at least 4 members (excludes halogenated alkanes) is 3. The Balaban J connectivity index is 1.74. The van der Waals surface area contributed by atoms with Gasteiger partial charge >= 0.3 is 5.97 Å². The third-order valence-corrected chi connectivity index (χ3v) is 4.39. The molecule has 0 bridgehead atoms. The second kappa shape index (κ2) is 11.0. The number of hydrogen-bond acceptors (Lipinski definition) is 4. The van der Waals surface area contributed by atoms with E-state index < -0.39 is 17.7 Å². The van der Waals surface area contributed by atoms with Crippen LogP contribution < -0.4 is 9.47 Å². The fourth-order valence-electron chi connectivity index (χ4n) is 2.91. The Hall–Kier alpha value is -2.82. The van der Waals surface area contributed by atoms with E-state index in [9.17, 15) is 14.7 Å². The van der Waals surface area contributed by atoms with E-state index in [1.807, 2.05) is 30.3 Å². The van der Waals surface area contributed by atoms with Crippen molar-refractivity contribution in [2.75, 3.05) is 13.7 Å². The molecule has 0 aromatic heterocycles. The maximum absolute atomic E-state index is 12.6. The van der Waals surface area contributed by atoms with E-state index in [1.54, 1.807) is 24.3 Å². The van der Waals surface area contributed by atoms with Gasteiger partial charge in [-0.25, -0.2) is 0 Å². The average Bonchev–Trinajstić information content (AvgIpc) is 2.70. The Bertz CT molecular complexity index is 726. The van der Waals surface area contributed by atoms with Crippen molar-refractivity contribution >= 4 is 11.8 Å². The van der Waals surface area contributed by atoms with E-state index in [1.165, 1.54) is 7.11 Å². The molecule has 0 radical (unpaired) electrons. The summed E-state index contributed by atoms with van der Waals surface area (Å²) in [4.78, 5) is 24.2. The van der Waals surface area contributed by atoms with Crippen LogP contribution in [0.1, 0.15) is 42.5 Å². The van der Waals surface area contributed by atoms with Crippen molar-refractivity contribution in [1.82, 2.24) is 0 Å². The molecule has 5 nitrogen and oxygen atoms in total. The maximum Gasteiger partial charge on any atom is 0.314 e. The van der Waals surface area contributed by atoms with Gasteiger partial charge in [0.05, 0.1) is 19.3 Å². The highest BCUT2D eigenvalue weighted by molar-refractivity contribution is 6.09. The summed E-state index contributed by atoms with van der Waals surface area (Å²) in [5.74, 6) is -1.26. The van der Waals surface area contributed by atoms with Crippen molar-refractivity contribution in [2.45, 2.75) is 32.1 Å². The minimum atomic E-state index is -1.08. The molecule has 2 aromatic carbocycles. The fraction of sp³-hybridized carbons (Fsp3) is 0.364. The smallest absolute Gasteiger partial charge is 0.314 e. The van der Waals surface area contributed by atoms with E-state index in [0.717, 1.165) is 25.0 Å². The highest BCUT2D eigenvalue weighted by Crippen LogP contribution is 2.24. The highest BCUT2D eigenvalue weighted by atomic mass is 16.5. The number of ketones is 1. The molecular formula is C22H26O5. The van der Waals surface area contributed by atoms with Gasteiger partial charge in [0.25, 0.3) is 0 Å². The number of aliphatic carboxylic acids is 1. The number of rotatable bonds is 12. The first kappa shape index (κ1) is 20.5. The van der Waals surface area contributed by atoms with Gasteiger partial charge in [0.1, 0.15) is 17.4 Å². The van der Waals surface area contributed by atoms with Crippen LogP contribution in [0.4, 0.5) is 0 Å². The molecule has 2 aromatic rings. The van der Waals surface area contributed by atoms with Crippen LogP contribution in [0.15, 0.2) is 54.6 Å². The number of methoxy groups -OCH3 is 1. The zero-order chi connectivity index (χ0) is 19.5. The van der Waals surface area contributed by atoms with Crippen LogP contribution in [0.3, 0.4) is 0 Å². The van der Waals surface area contributed by atoms with Gasteiger partial charge in [-0.2, -0.15) is 0 Å². The molecule has 144 valence electrons. The number of carbonyl (C=O) groups is 2. The highest BCUT2D eigenvalue weighted by Gasteiger charge is 2.28. The summed E-state index contributed by atoms with van der Waals surface area (Å²) >= 11 is 0. The average molecular weight is 370 g/mol. The lowest BCUT2D eigenvalue weighted by molar-refractivity contribution is -0.140. The molecule has 1 N–H and O–H groups in total. The number of para-hydroxylation sites is 2. The van der Waals surface area contributed by atoms with E-state index in [-0.39, 0.29) is 0 Å². The Kier molecular flexibility index (Phi) is 8.36. The van der Waals surface area contributed by atoms with E-state index in [4.69, 9.17) is 9.47 Å². The summed E-state index contributed by atoms with van der Waals surface area (Å²) in [7, 11) is 1.47. The van der Waals surface area contributed by atoms with Crippen molar-refractivity contribution in [3.63, 3.8) is 0 Å². The maximum atomic E-state index is 12.6. The molecule has 2 rings (SSSR count). The number of carboxylic acid groups (broad SMARTS) is 1. The number of hydrogen-bond donors (Lipinski definition) is 1. The van der Waals surface area contributed by atoms with Crippen LogP contribution in [0.5, 0.6) is 11.5 Å². The molecule has 1 unspecified atom stereocenters. The number of carboxylic acids is 1. The third kappa shape index (κ3) is 6.44. The van der Waals surface area contributed by atoms with Crippen LogP contribution in [0, 0.1) is 5.92 Å². The molecular weight excluding hydrogens is 344 g/mol. The summed E-state index contributed by atoms with van der Waals surface area (Å²) in [6.07, 6.45) is 3.70. The van der Waals surface area contributed by atoms with Gasteiger partial charge in [-0.15, -0.1) is 0 Å². The normalized spacial score (nSPS) is 11.6.